The molecule has 1 aromatic carbocycles. The molecule has 0 aromatic heterocycles. The molecule has 2 rings (SSSR count). The van der Waals surface area contributed by atoms with Crippen LogP contribution in [0.1, 0.15) is 12.0 Å². The van der Waals surface area contributed by atoms with Crippen molar-refractivity contribution < 1.29 is 8.42 Å². The van der Waals surface area contributed by atoms with Gasteiger partial charge in [-0.25, -0.2) is 13.1 Å². The molecular weight excluding hydrogens is 292 g/mol. The first kappa shape index (κ1) is 14.0. The van der Waals surface area contributed by atoms with E-state index in [9.17, 15) is 8.42 Å². The lowest BCUT2D eigenvalue weighted by molar-refractivity contribution is 0.563. The maximum absolute atomic E-state index is 12.2. The molecule has 1 aromatic rings. The molecule has 1 aliphatic rings. The van der Waals surface area contributed by atoms with Crippen molar-refractivity contribution in [3.05, 3.63) is 22.7 Å². The van der Waals surface area contributed by atoms with Gasteiger partial charge < -0.3 is 5.73 Å². The van der Waals surface area contributed by atoms with Gasteiger partial charge in [-0.2, -0.15) is 11.8 Å². The van der Waals surface area contributed by atoms with Gasteiger partial charge in [0.25, 0.3) is 0 Å². The number of nitrogens with two attached hydrogens (primary N) is 1. The smallest absolute Gasteiger partial charge is 0.242 e. The van der Waals surface area contributed by atoms with Crippen molar-refractivity contribution in [3.63, 3.8) is 0 Å². The summed E-state index contributed by atoms with van der Waals surface area (Å²) in [7, 11) is -3.59. The minimum absolute atomic E-state index is 0.0152. The fraction of sp³-hybridized carbons (Fsp3) is 0.455. The fourth-order valence-corrected chi connectivity index (χ4v) is 4.93. The third-order valence-corrected chi connectivity index (χ3v) is 6.01. The Labute approximate surface area is 116 Å². The van der Waals surface area contributed by atoms with E-state index in [0.29, 0.717) is 5.69 Å². The van der Waals surface area contributed by atoms with Gasteiger partial charge in [-0.15, -0.1) is 0 Å². The summed E-state index contributed by atoms with van der Waals surface area (Å²) in [6.07, 6.45) is 0.850. The van der Waals surface area contributed by atoms with Gasteiger partial charge in [-0.1, -0.05) is 11.6 Å². The molecule has 1 fully saturated rings. The van der Waals surface area contributed by atoms with E-state index in [1.165, 1.54) is 6.07 Å². The van der Waals surface area contributed by atoms with Crippen LogP contribution in [0, 0.1) is 6.92 Å². The number of anilines is 1. The first-order chi connectivity index (χ1) is 8.40. The number of thioether (sulfide) groups is 1. The third kappa shape index (κ3) is 2.93. The molecule has 0 radical (unpaired) electrons. The number of hydrogen-bond acceptors (Lipinski definition) is 4. The zero-order valence-corrected chi connectivity index (χ0v) is 12.3. The van der Waals surface area contributed by atoms with Crippen LogP contribution >= 0.6 is 23.4 Å². The molecule has 100 valence electrons. The van der Waals surface area contributed by atoms with E-state index in [0.717, 1.165) is 23.5 Å². The summed E-state index contributed by atoms with van der Waals surface area (Å²) in [6.45, 7) is 1.79. The van der Waals surface area contributed by atoms with E-state index in [-0.39, 0.29) is 16.0 Å². The van der Waals surface area contributed by atoms with Gasteiger partial charge in [0.1, 0.15) is 4.90 Å². The standard InChI is InChI=1S/C11H15ClN2O2S2/c1-7-4-9(12)11(5-10(7)13)18(15,16)14-8-2-3-17-6-8/h4-5,8,14H,2-3,6,13H2,1H3. The molecule has 1 aliphatic heterocycles. The number of nitrogen functional groups attached to an aromatic ring is 1. The van der Waals surface area contributed by atoms with Crippen LogP contribution in [0.4, 0.5) is 5.69 Å². The first-order valence-corrected chi connectivity index (χ1v) is 8.57. The van der Waals surface area contributed by atoms with E-state index in [4.69, 9.17) is 17.3 Å². The van der Waals surface area contributed by atoms with Crippen LogP contribution in [0.2, 0.25) is 5.02 Å². The Morgan fingerprint density at radius 1 is 1.50 bits per heavy atom. The van der Waals surface area contributed by atoms with E-state index in [2.05, 4.69) is 4.72 Å². The molecule has 3 N–H and O–H groups in total. The highest BCUT2D eigenvalue weighted by atomic mass is 35.5. The highest BCUT2D eigenvalue weighted by molar-refractivity contribution is 7.99. The number of rotatable bonds is 3. The molecule has 0 spiro atoms. The number of halogens is 1. The van der Waals surface area contributed by atoms with Crippen molar-refractivity contribution in [1.29, 1.82) is 0 Å². The highest BCUT2D eigenvalue weighted by Crippen LogP contribution is 2.28. The Kier molecular flexibility index (Phi) is 4.11. The van der Waals surface area contributed by atoms with E-state index >= 15 is 0 Å². The molecule has 1 heterocycles. The Hall–Kier alpha value is -0.430. The molecule has 0 bridgehead atoms. The van der Waals surface area contributed by atoms with Crippen LogP contribution in [-0.4, -0.2) is 26.0 Å². The number of nitrogens with one attached hydrogen (secondary N) is 1. The van der Waals surface area contributed by atoms with Gasteiger partial charge in [-0.05, 0) is 36.8 Å². The monoisotopic (exact) mass is 306 g/mol. The van der Waals surface area contributed by atoms with Gasteiger partial charge >= 0.3 is 0 Å². The molecule has 1 atom stereocenters. The molecule has 1 unspecified atom stereocenters. The summed E-state index contributed by atoms with van der Waals surface area (Å²) >= 11 is 7.73. The lowest BCUT2D eigenvalue weighted by Gasteiger charge is -2.14. The van der Waals surface area contributed by atoms with Crippen molar-refractivity contribution in [2.75, 3.05) is 17.2 Å². The maximum atomic E-state index is 12.2. The SMILES string of the molecule is Cc1cc(Cl)c(S(=O)(=O)NC2CCSC2)cc1N. The normalized spacial score (nSPS) is 20.2. The van der Waals surface area contributed by atoms with Crippen molar-refractivity contribution in [2.45, 2.75) is 24.3 Å². The zero-order chi connectivity index (χ0) is 13.3. The average Bonchev–Trinajstić information content (AvgIpc) is 2.75. The van der Waals surface area contributed by atoms with Crippen LogP contribution in [-0.2, 0) is 10.0 Å². The van der Waals surface area contributed by atoms with Crippen molar-refractivity contribution in [2.24, 2.45) is 0 Å². The molecule has 0 saturated carbocycles. The van der Waals surface area contributed by atoms with Gasteiger partial charge in [0.2, 0.25) is 10.0 Å². The summed E-state index contributed by atoms with van der Waals surface area (Å²) in [4.78, 5) is 0.0594. The van der Waals surface area contributed by atoms with Crippen LogP contribution in [0.3, 0.4) is 0 Å². The summed E-state index contributed by atoms with van der Waals surface area (Å²) in [5.74, 6) is 1.79. The predicted octanol–water partition coefficient (Wildman–Crippen LogP) is 2.01. The van der Waals surface area contributed by atoms with Crippen LogP contribution in [0.15, 0.2) is 17.0 Å². The highest BCUT2D eigenvalue weighted by Gasteiger charge is 2.25. The van der Waals surface area contributed by atoms with Crippen LogP contribution in [0.25, 0.3) is 0 Å². The number of hydrogen-bond donors (Lipinski definition) is 2. The molecule has 7 heteroatoms. The second kappa shape index (κ2) is 5.28. The largest absolute Gasteiger partial charge is 0.398 e. The summed E-state index contributed by atoms with van der Waals surface area (Å²) in [5.41, 5.74) is 6.94. The topological polar surface area (TPSA) is 72.2 Å². The zero-order valence-electron chi connectivity index (χ0n) is 9.94. The Balaban J connectivity index is 2.31. The minimum atomic E-state index is -3.59. The van der Waals surface area contributed by atoms with Gasteiger partial charge in [-0.3, -0.25) is 0 Å². The van der Waals surface area contributed by atoms with Crippen LogP contribution < -0.4 is 10.5 Å². The Bertz CT molecular complexity index is 554. The second-order valence-electron chi connectivity index (χ2n) is 4.32. The molecule has 18 heavy (non-hydrogen) atoms. The van der Waals surface area contributed by atoms with Gasteiger partial charge in [0.05, 0.1) is 5.02 Å². The van der Waals surface area contributed by atoms with Gasteiger partial charge in [0.15, 0.2) is 0 Å². The molecule has 4 nitrogen and oxygen atoms in total. The predicted molar refractivity (Wildman–Crippen MR) is 76.7 cm³/mol. The Morgan fingerprint density at radius 3 is 2.83 bits per heavy atom. The minimum Gasteiger partial charge on any atom is -0.398 e. The van der Waals surface area contributed by atoms with Crippen LogP contribution in [0.5, 0.6) is 0 Å². The van der Waals surface area contributed by atoms with E-state index < -0.39 is 10.0 Å². The third-order valence-electron chi connectivity index (χ3n) is 2.86. The first-order valence-electron chi connectivity index (χ1n) is 5.56. The molecule has 0 aliphatic carbocycles. The maximum Gasteiger partial charge on any atom is 0.242 e. The lowest BCUT2D eigenvalue weighted by atomic mass is 10.2. The van der Waals surface area contributed by atoms with E-state index in [1.807, 2.05) is 0 Å². The van der Waals surface area contributed by atoms with E-state index in [1.54, 1.807) is 24.8 Å². The van der Waals surface area contributed by atoms with Crippen molar-refractivity contribution >= 4 is 39.1 Å². The van der Waals surface area contributed by atoms with Crippen molar-refractivity contribution in [1.82, 2.24) is 4.72 Å². The molecule has 0 amide bonds. The average molecular weight is 307 g/mol. The quantitative estimate of drug-likeness (QED) is 0.838. The number of aryl methyl sites for hydroxylation is 1. The lowest BCUT2D eigenvalue weighted by Crippen LogP contribution is -2.34. The summed E-state index contributed by atoms with van der Waals surface area (Å²) in [6, 6.07) is 2.98. The summed E-state index contributed by atoms with van der Waals surface area (Å²) < 4.78 is 27.1. The fourth-order valence-electron chi connectivity index (χ4n) is 1.78. The Morgan fingerprint density at radius 2 is 2.22 bits per heavy atom. The molecular formula is C11H15ClN2O2S2. The van der Waals surface area contributed by atoms with Gasteiger partial charge in [0, 0.05) is 17.5 Å². The van der Waals surface area contributed by atoms with Crippen molar-refractivity contribution in [3.8, 4) is 0 Å². The number of benzene rings is 1. The molecule has 1 saturated heterocycles. The summed E-state index contributed by atoms with van der Waals surface area (Å²) in [5, 5.41) is 0.208. The second-order valence-corrected chi connectivity index (χ2v) is 7.56. The number of sulfonamides is 1.